The molecule has 0 amide bonds. The van der Waals surface area contributed by atoms with Gasteiger partial charge in [0.15, 0.2) is 5.96 Å². The number of nitrogens with two attached hydrogens (primary N) is 1. The summed E-state index contributed by atoms with van der Waals surface area (Å²) >= 11 is 5.22. The molecular weight excluding hydrogens is 493 g/mol. The second-order valence-corrected chi connectivity index (χ2v) is 6.83. The van der Waals surface area contributed by atoms with Crippen molar-refractivity contribution >= 4 is 57.6 Å². The fraction of sp³-hybridized carbons (Fsp3) is 0.533. The lowest BCUT2D eigenvalue weighted by Crippen LogP contribution is -2.40. The molecule has 0 aliphatic carbocycles. The highest BCUT2D eigenvalue weighted by Crippen LogP contribution is 2.17. The molecular formula is C15H25BrIN3O2S. The Balaban J connectivity index is 0.00000484. The van der Waals surface area contributed by atoms with Crippen LogP contribution in [0, 0.1) is 0 Å². The molecule has 1 atom stereocenters. The zero-order valence-corrected chi connectivity index (χ0v) is 18.2. The summed E-state index contributed by atoms with van der Waals surface area (Å²) in [6.07, 6.45) is 0. The Hall–Kier alpha value is -0.190. The number of hydrogen-bond donors (Lipinski definition) is 2. The summed E-state index contributed by atoms with van der Waals surface area (Å²) in [6.45, 7) is 3.99. The van der Waals surface area contributed by atoms with Gasteiger partial charge < -0.3 is 20.5 Å². The van der Waals surface area contributed by atoms with Crippen LogP contribution in [-0.2, 0) is 4.74 Å². The van der Waals surface area contributed by atoms with Gasteiger partial charge in [-0.1, -0.05) is 22.0 Å². The molecule has 0 heterocycles. The molecule has 0 aliphatic heterocycles. The van der Waals surface area contributed by atoms with Gasteiger partial charge >= 0.3 is 0 Å². The SMILES string of the molecule is COCC(C)NC(N)=NCCSCCOc1cccc(Br)c1.I. The van der Waals surface area contributed by atoms with E-state index in [1.807, 2.05) is 31.2 Å². The number of ether oxygens (including phenoxy) is 2. The molecule has 0 spiro atoms. The molecule has 0 aliphatic rings. The van der Waals surface area contributed by atoms with E-state index in [1.54, 1.807) is 18.9 Å². The van der Waals surface area contributed by atoms with Gasteiger partial charge in [-0.3, -0.25) is 4.99 Å². The van der Waals surface area contributed by atoms with Crippen LogP contribution in [0.3, 0.4) is 0 Å². The number of aliphatic imine (C=N–C) groups is 1. The van der Waals surface area contributed by atoms with Gasteiger partial charge in [-0.2, -0.15) is 11.8 Å². The Labute approximate surface area is 168 Å². The smallest absolute Gasteiger partial charge is 0.188 e. The van der Waals surface area contributed by atoms with Crippen LogP contribution in [0.2, 0.25) is 0 Å². The van der Waals surface area contributed by atoms with E-state index in [9.17, 15) is 0 Å². The molecule has 1 aromatic carbocycles. The summed E-state index contributed by atoms with van der Waals surface area (Å²) in [5.74, 6) is 3.20. The van der Waals surface area contributed by atoms with Crippen molar-refractivity contribution in [3.8, 4) is 5.75 Å². The number of hydrogen-bond acceptors (Lipinski definition) is 4. The Morgan fingerprint density at radius 3 is 2.91 bits per heavy atom. The number of rotatable bonds is 10. The van der Waals surface area contributed by atoms with Crippen molar-refractivity contribution in [2.75, 3.05) is 38.4 Å². The molecule has 132 valence electrons. The topological polar surface area (TPSA) is 68.9 Å². The van der Waals surface area contributed by atoms with Crippen molar-refractivity contribution < 1.29 is 9.47 Å². The van der Waals surface area contributed by atoms with Crippen LogP contribution in [0.1, 0.15) is 6.92 Å². The molecule has 0 fully saturated rings. The summed E-state index contributed by atoms with van der Waals surface area (Å²) in [5.41, 5.74) is 5.78. The first kappa shape index (κ1) is 22.8. The number of benzene rings is 1. The molecule has 8 heteroatoms. The molecule has 1 aromatic rings. The molecule has 0 bridgehead atoms. The average Bonchev–Trinajstić information content (AvgIpc) is 2.46. The van der Waals surface area contributed by atoms with E-state index in [0.29, 0.717) is 25.7 Å². The van der Waals surface area contributed by atoms with E-state index >= 15 is 0 Å². The minimum atomic E-state index is 0. The molecule has 3 N–H and O–H groups in total. The van der Waals surface area contributed by atoms with E-state index in [1.165, 1.54) is 0 Å². The number of nitrogens with one attached hydrogen (secondary N) is 1. The molecule has 5 nitrogen and oxygen atoms in total. The van der Waals surface area contributed by atoms with Crippen LogP contribution in [0.25, 0.3) is 0 Å². The Bertz CT molecular complexity index is 466. The molecule has 1 rings (SSSR count). The zero-order valence-electron chi connectivity index (χ0n) is 13.5. The first-order valence-corrected chi connectivity index (χ1v) is 9.08. The minimum absolute atomic E-state index is 0. The van der Waals surface area contributed by atoms with Gasteiger partial charge in [0.05, 0.1) is 19.8 Å². The monoisotopic (exact) mass is 517 g/mol. The summed E-state index contributed by atoms with van der Waals surface area (Å²) in [7, 11) is 1.67. The maximum absolute atomic E-state index is 5.78. The van der Waals surface area contributed by atoms with Crippen molar-refractivity contribution in [3.63, 3.8) is 0 Å². The van der Waals surface area contributed by atoms with Crippen molar-refractivity contribution in [2.45, 2.75) is 13.0 Å². The van der Waals surface area contributed by atoms with Gasteiger partial charge in [-0.05, 0) is 25.1 Å². The van der Waals surface area contributed by atoms with Gasteiger partial charge in [-0.15, -0.1) is 24.0 Å². The second kappa shape index (κ2) is 14.2. The van der Waals surface area contributed by atoms with Gasteiger partial charge in [-0.25, -0.2) is 0 Å². The normalized spacial score (nSPS) is 12.4. The van der Waals surface area contributed by atoms with Crippen molar-refractivity contribution in [1.29, 1.82) is 0 Å². The van der Waals surface area contributed by atoms with E-state index in [0.717, 1.165) is 21.7 Å². The first-order chi connectivity index (χ1) is 10.6. The second-order valence-electron chi connectivity index (χ2n) is 4.69. The third-order valence-corrected chi connectivity index (χ3v) is 4.04. The van der Waals surface area contributed by atoms with Crippen LogP contribution >= 0.6 is 51.7 Å². The van der Waals surface area contributed by atoms with Crippen molar-refractivity contribution in [2.24, 2.45) is 10.7 Å². The van der Waals surface area contributed by atoms with Crippen LogP contribution < -0.4 is 15.8 Å². The van der Waals surface area contributed by atoms with Gasteiger partial charge in [0, 0.05) is 29.1 Å². The van der Waals surface area contributed by atoms with E-state index in [4.69, 9.17) is 15.2 Å². The van der Waals surface area contributed by atoms with Crippen molar-refractivity contribution in [1.82, 2.24) is 5.32 Å². The lowest BCUT2D eigenvalue weighted by atomic mass is 10.3. The average molecular weight is 518 g/mol. The predicted octanol–water partition coefficient (Wildman–Crippen LogP) is 3.12. The first-order valence-electron chi connectivity index (χ1n) is 7.13. The Morgan fingerprint density at radius 1 is 1.43 bits per heavy atom. The molecule has 1 unspecified atom stereocenters. The summed E-state index contributed by atoms with van der Waals surface area (Å²) in [4.78, 5) is 4.27. The lowest BCUT2D eigenvalue weighted by Gasteiger charge is -2.12. The largest absolute Gasteiger partial charge is 0.493 e. The van der Waals surface area contributed by atoms with E-state index < -0.39 is 0 Å². The van der Waals surface area contributed by atoms with Crippen LogP contribution in [-0.4, -0.2) is 50.4 Å². The summed E-state index contributed by atoms with van der Waals surface area (Å²) < 4.78 is 11.7. The molecule has 23 heavy (non-hydrogen) atoms. The number of methoxy groups -OCH3 is 1. The fourth-order valence-electron chi connectivity index (χ4n) is 1.70. The minimum Gasteiger partial charge on any atom is -0.493 e. The number of halogens is 2. The van der Waals surface area contributed by atoms with Gasteiger partial charge in [0.25, 0.3) is 0 Å². The number of nitrogens with zero attached hydrogens (tertiary/aromatic N) is 1. The van der Waals surface area contributed by atoms with Crippen LogP contribution in [0.15, 0.2) is 33.7 Å². The third-order valence-electron chi connectivity index (χ3n) is 2.62. The maximum atomic E-state index is 5.78. The van der Waals surface area contributed by atoms with Crippen LogP contribution in [0.5, 0.6) is 5.75 Å². The zero-order chi connectivity index (χ0) is 16.2. The van der Waals surface area contributed by atoms with E-state index in [2.05, 4.69) is 26.2 Å². The number of guanidine groups is 1. The standard InChI is InChI=1S/C15H24BrN3O2S.HI/c1-12(11-20-2)19-15(17)18-6-8-22-9-7-21-14-5-3-4-13(16)10-14;/h3-5,10,12H,6-9,11H2,1-2H3,(H3,17,18,19);1H. The molecule has 0 saturated heterocycles. The van der Waals surface area contributed by atoms with E-state index in [-0.39, 0.29) is 30.0 Å². The Kier molecular flexibility index (Phi) is 14.1. The highest BCUT2D eigenvalue weighted by molar-refractivity contribution is 14.0. The lowest BCUT2D eigenvalue weighted by molar-refractivity contribution is 0.179. The molecule has 0 radical (unpaired) electrons. The molecule has 0 saturated carbocycles. The third kappa shape index (κ3) is 11.9. The fourth-order valence-corrected chi connectivity index (χ4v) is 2.70. The quantitative estimate of drug-likeness (QED) is 0.216. The van der Waals surface area contributed by atoms with Crippen LogP contribution in [0.4, 0.5) is 0 Å². The maximum Gasteiger partial charge on any atom is 0.188 e. The van der Waals surface area contributed by atoms with Gasteiger partial charge in [0.1, 0.15) is 5.75 Å². The highest BCUT2D eigenvalue weighted by Gasteiger charge is 2.01. The summed E-state index contributed by atoms with van der Waals surface area (Å²) in [5, 5.41) is 3.07. The van der Waals surface area contributed by atoms with Crippen molar-refractivity contribution in [3.05, 3.63) is 28.7 Å². The highest BCUT2D eigenvalue weighted by atomic mass is 127. The van der Waals surface area contributed by atoms with Gasteiger partial charge in [0.2, 0.25) is 0 Å². The number of thioether (sulfide) groups is 1. The predicted molar refractivity (Wildman–Crippen MR) is 113 cm³/mol. The molecule has 0 aromatic heterocycles. The summed E-state index contributed by atoms with van der Waals surface area (Å²) in [6, 6.07) is 8.02. The Morgan fingerprint density at radius 2 is 2.22 bits per heavy atom.